The van der Waals surface area contributed by atoms with Gasteiger partial charge in [0, 0.05) is 37.5 Å². The number of rotatable bonds is 5. The van der Waals surface area contributed by atoms with E-state index in [0.717, 1.165) is 31.1 Å². The normalized spacial score (nSPS) is 29.1. The van der Waals surface area contributed by atoms with E-state index in [4.69, 9.17) is 14.2 Å². The first kappa shape index (κ1) is 16.1. The molecule has 2 fully saturated rings. The number of fused-ring (bicyclic) bond motifs is 2. The zero-order chi connectivity index (χ0) is 16.8. The lowest BCUT2D eigenvalue weighted by atomic mass is 9.81. The van der Waals surface area contributed by atoms with Gasteiger partial charge in [0.25, 0.3) is 0 Å². The zero-order valence-corrected chi connectivity index (χ0v) is 14.5. The second-order valence-corrected chi connectivity index (χ2v) is 8.86. The van der Waals surface area contributed by atoms with Gasteiger partial charge in [0.2, 0.25) is 16.8 Å². The Morgan fingerprint density at radius 3 is 3.00 bits per heavy atom. The van der Waals surface area contributed by atoms with Crippen LogP contribution in [0.3, 0.4) is 0 Å². The fourth-order valence-corrected chi connectivity index (χ4v) is 4.44. The van der Waals surface area contributed by atoms with Gasteiger partial charge in [-0.2, -0.15) is 0 Å². The Balaban J connectivity index is 1.45. The Bertz CT molecular complexity index is 738. The van der Waals surface area contributed by atoms with Crippen LogP contribution in [0.5, 0.6) is 11.5 Å². The third kappa shape index (κ3) is 3.11. The summed E-state index contributed by atoms with van der Waals surface area (Å²) in [6, 6.07) is 6.02. The number of benzene rings is 1. The molecule has 2 atom stereocenters. The lowest BCUT2D eigenvalue weighted by Gasteiger charge is -2.27. The molecule has 0 bridgehead atoms. The predicted molar refractivity (Wildman–Crippen MR) is 87.4 cm³/mol. The first-order valence-electron chi connectivity index (χ1n) is 8.07. The second-order valence-electron chi connectivity index (χ2n) is 7.02. The molecule has 8 heteroatoms. The molecule has 0 aliphatic carbocycles. The third-order valence-corrected chi connectivity index (χ3v) is 5.79. The highest BCUT2D eigenvalue weighted by atomic mass is 32.2. The van der Waals surface area contributed by atoms with Crippen molar-refractivity contribution in [2.75, 3.05) is 45.9 Å². The molecular formula is C16H22N2O5S. The molecule has 2 saturated heterocycles. The summed E-state index contributed by atoms with van der Waals surface area (Å²) in [5, 5.41) is 0. The Hall–Kier alpha value is -1.35. The molecule has 3 aliphatic heterocycles. The van der Waals surface area contributed by atoms with E-state index in [9.17, 15) is 8.42 Å². The lowest BCUT2D eigenvalue weighted by molar-refractivity contribution is 0.128. The molecule has 7 nitrogen and oxygen atoms in total. The summed E-state index contributed by atoms with van der Waals surface area (Å²) in [5.74, 6) is 1.95. The van der Waals surface area contributed by atoms with Gasteiger partial charge in [0.05, 0.1) is 19.5 Å². The molecule has 4 rings (SSSR count). The van der Waals surface area contributed by atoms with Gasteiger partial charge in [-0.25, -0.2) is 13.1 Å². The van der Waals surface area contributed by atoms with Crippen molar-refractivity contribution in [1.29, 1.82) is 0 Å². The van der Waals surface area contributed by atoms with Crippen LogP contribution in [-0.4, -0.2) is 59.2 Å². The average molecular weight is 354 g/mol. The molecule has 0 unspecified atom stereocenters. The topological polar surface area (TPSA) is 77.1 Å². The van der Waals surface area contributed by atoms with Crippen LogP contribution in [0.4, 0.5) is 0 Å². The quantitative estimate of drug-likeness (QED) is 0.826. The van der Waals surface area contributed by atoms with Crippen LogP contribution in [-0.2, 0) is 21.3 Å². The molecule has 0 amide bonds. The molecule has 132 valence electrons. The van der Waals surface area contributed by atoms with E-state index in [1.54, 1.807) is 0 Å². The summed E-state index contributed by atoms with van der Waals surface area (Å²) in [6.07, 6.45) is 1.20. The summed E-state index contributed by atoms with van der Waals surface area (Å²) < 4.78 is 42.0. The number of hydrogen-bond acceptors (Lipinski definition) is 6. The van der Waals surface area contributed by atoms with Crippen LogP contribution in [0, 0.1) is 11.3 Å². The first-order chi connectivity index (χ1) is 11.4. The maximum absolute atomic E-state index is 11.5. The molecule has 3 heterocycles. The maximum Gasteiger partial charge on any atom is 0.231 e. The Morgan fingerprint density at radius 2 is 2.17 bits per heavy atom. The standard InChI is InChI=1S/C16H22N2O5S/c1-24(19,20)17-8-16-9-18(6-13(16)7-21-10-16)5-12-2-3-14-15(4-12)23-11-22-14/h2-4,13,17H,5-11H2,1H3/t13-,16+/m0/s1. The van der Waals surface area contributed by atoms with E-state index in [0.29, 0.717) is 25.7 Å². The lowest BCUT2D eigenvalue weighted by Crippen LogP contribution is -2.42. The Morgan fingerprint density at radius 1 is 1.33 bits per heavy atom. The van der Waals surface area contributed by atoms with Crippen molar-refractivity contribution in [2.45, 2.75) is 6.54 Å². The fourth-order valence-electron chi connectivity index (χ4n) is 3.89. The van der Waals surface area contributed by atoms with Gasteiger partial charge in [0.1, 0.15) is 0 Å². The predicted octanol–water partition coefficient (Wildman–Crippen LogP) is 0.413. The van der Waals surface area contributed by atoms with Crippen molar-refractivity contribution >= 4 is 10.0 Å². The van der Waals surface area contributed by atoms with Crippen LogP contribution >= 0.6 is 0 Å². The van der Waals surface area contributed by atoms with Crippen LogP contribution in [0.15, 0.2) is 18.2 Å². The highest BCUT2D eigenvalue weighted by Gasteiger charge is 2.50. The van der Waals surface area contributed by atoms with Crippen molar-refractivity contribution in [2.24, 2.45) is 11.3 Å². The maximum atomic E-state index is 11.5. The SMILES string of the molecule is CS(=O)(=O)NC[C@@]12COC[C@@H]1CN(Cc1ccc3c(c1)OCO3)C2. The largest absolute Gasteiger partial charge is 0.454 e. The minimum atomic E-state index is -3.19. The first-order valence-corrected chi connectivity index (χ1v) is 9.96. The summed E-state index contributed by atoms with van der Waals surface area (Å²) in [6.45, 7) is 4.58. The van der Waals surface area contributed by atoms with Gasteiger partial charge >= 0.3 is 0 Å². The van der Waals surface area contributed by atoms with E-state index in [1.807, 2.05) is 12.1 Å². The van der Waals surface area contributed by atoms with Crippen molar-refractivity contribution in [3.63, 3.8) is 0 Å². The van der Waals surface area contributed by atoms with Crippen molar-refractivity contribution in [3.05, 3.63) is 23.8 Å². The number of nitrogens with zero attached hydrogens (tertiary/aromatic N) is 1. The van der Waals surface area contributed by atoms with Gasteiger partial charge in [-0.1, -0.05) is 6.07 Å². The van der Waals surface area contributed by atoms with Crippen molar-refractivity contribution in [1.82, 2.24) is 9.62 Å². The Labute approximate surface area is 141 Å². The van der Waals surface area contributed by atoms with E-state index in [2.05, 4.69) is 15.7 Å². The molecule has 0 saturated carbocycles. The van der Waals surface area contributed by atoms with Gasteiger partial charge in [-0.15, -0.1) is 0 Å². The average Bonchev–Trinajstić information content (AvgIpc) is 3.17. The molecule has 0 aromatic heterocycles. The molecule has 3 aliphatic rings. The molecular weight excluding hydrogens is 332 g/mol. The minimum absolute atomic E-state index is 0.126. The van der Waals surface area contributed by atoms with Crippen LogP contribution in [0.25, 0.3) is 0 Å². The van der Waals surface area contributed by atoms with Crippen LogP contribution in [0.2, 0.25) is 0 Å². The molecule has 1 aromatic carbocycles. The van der Waals surface area contributed by atoms with Gasteiger partial charge in [0.15, 0.2) is 11.5 Å². The molecule has 24 heavy (non-hydrogen) atoms. The molecule has 0 spiro atoms. The molecule has 0 radical (unpaired) electrons. The number of hydrogen-bond donors (Lipinski definition) is 1. The monoisotopic (exact) mass is 354 g/mol. The molecule has 1 aromatic rings. The van der Waals surface area contributed by atoms with Crippen molar-refractivity contribution in [3.8, 4) is 11.5 Å². The van der Waals surface area contributed by atoms with E-state index in [1.165, 1.54) is 11.8 Å². The van der Waals surface area contributed by atoms with Crippen LogP contribution in [0.1, 0.15) is 5.56 Å². The summed E-state index contributed by atoms with van der Waals surface area (Å²) in [7, 11) is -3.19. The van der Waals surface area contributed by atoms with Gasteiger partial charge in [-0.05, 0) is 17.7 Å². The van der Waals surface area contributed by atoms with E-state index in [-0.39, 0.29) is 12.2 Å². The number of sulfonamides is 1. The summed E-state index contributed by atoms with van der Waals surface area (Å²) in [4.78, 5) is 2.37. The number of ether oxygens (including phenoxy) is 3. The third-order valence-electron chi connectivity index (χ3n) is 5.12. The van der Waals surface area contributed by atoms with Gasteiger partial charge in [-0.3, -0.25) is 4.90 Å². The highest BCUT2D eigenvalue weighted by Crippen LogP contribution is 2.42. The minimum Gasteiger partial charge on any atom is -0.454 e. The zero-order valence-electron chi connectivity index (χ0n) is 13.7. The Kier molecular flexibility index (Phi) is 3.95. The number of likely N-dealkylation sites (tertiary alicyclic amines) is 1. The second kappa shape index (κ2) is 5.87. The van der Waals surface area contributed by atoms with Crippen molar-refractivity contribution < 1.29 is 22.6 Å². The van der Waals surface area contributed by atoms with Gasteiger partial charge < -0.3 is 14.2 Å². The van der Waals surface area contributed by atoms with E-state index < -0.39 is 10.0 Å². The smallest absolute Gasteiger partial charge is 0.231 e. The van der Waals surface area contributed by atoms with E-state index >= 15 is 0 Å². The highest BCUT2D eigenvalue weighted by molar-refractivity contribution is 7.88. The molecule has 1 N–H and O–H groups in total. The number of nitrogens with one attached hydrogen (secondary N) is 1. The summed E-state index contributed by atoms with van der Waals surface area (Å²) in [5.41, 5.74) is 1.05. The van der Waals surface area contributed by atoms with Crippen LogP contribution < -0.4 is 14.2 Å². The fraction of sp³-hybridized carbons (Fsp3) is 0.625. The summed E-state index contributed by atoms with van der Waals surface area (Å²) >= 11 is 0.